The molecule has 132 valence electrons. The lowest BCUT2D eigenvalue weighted by Gasteiger charge is -2.28. The summed E-state index contributed by atoms with van der Waals surface area (Å²) in [5.41, 5.74) is 2.23. The number of hydrogen-bond donors (Lipinski definition) is 0. The Kier molecular flexibility index (Phi) is 3.96. The zero-order valence-electron chi connectivity index (χ0n) is 14.5. The van der Waals surface area contributed by atoms with Gasteiger partial charge in [0.1, 0.15) is 22.5 Å². The minimum absolute atomic E-state index is 0.290. The van der Waals surface area contributed by atoms with Crippen molar-refractivity contribution in [2.75, 3.05) is 7.11 Å². The van der Waals surface area contributed by atoms with Crippen molar-refractivity contribution < 1.29 is 17.9 Å². The number of aryl methyl sites for hydroxylation is 1. The number of hydrogen-bond acceptors (Lipinski definition) is 4. The molecular weight excluding hydrogens is 348 g/mol. The van der Waals surface area contributed by atoms with Gasteiger partial charge in [0, 0.05) is 11.1 Å². The van der Waals surface area contributed by atoms with Gasteiger partial charge in [-0.25, -0.2) is 8.42 Å². The van der Waals surface area contributed by atoms with Crippen LogP contribution in [0, 0.1) is 6.92 Å². The normalized spacial score (nSPS) is 15.5. The standard InChI is InChI=1S/C21H18O4S/c1-14-7-10-16(11-8-14)26(22,23)21-17-5-3-4-6-19(17)25-20-12-9-15(24-2)13-18(20)21/h3-13,21H,1-2H3. The second-order valence-electron chi connectivity index (χ2n) is 6.28. The molecule has 0 saturated carbocycles. The topological polar surface area (TPSA) is 52.6 Å². The smallest absolute Gasteiger partial charge is 0.189 e. The van der Waals surface area contributed by atoms with E-state index in [1.54, 1.807) is 49.6 Å². The van der Waals surface area contributed by atoms with Crippen LogP contribution in [-0.2, 0) is 9.84 Å². The highest BCUT2D eigenvalue weighted by Crippen LogP contribution is 2.49. The van der Waals surface area contributed by atoms with Crippen molar-refractivity contribution in [1.29, 1.82) is 0 Å². The summed E-state index contributed by atoms with van der Waals surface area (Å²) in [4.78, 5) is 0.290. The zero-order chi connectivity index (χ0) is 18.3. The van der Waals surface area contributed by atoms with E-state index >= 15 is 0 Å². The number of ether oxygens (including phenoxy) is 2. The lowest BCUT2D eigenvalue weighted by Crippen LogP contribution is -2.19. The molecule has 0 aliphatic carbocycles. The molecule has 0 bridgehead atoms. The van der Waals surface area contributed by atoms with Gasteiger partial charge in [0.15, 0.2) is 9.84 Å². The van der Waals surface area contributed by atoms with Crippen LogP contribution < -0.4 is 9.47 Å². The highest BCUT2D eigenvalue weighted by Gasteiger charge is 2.38. The van der Waals surface area contributed by atoms with Crippen LogP contribution >= 0.6 is 0 Å². The van der Waals surface area contributed by atoms with Crippen molar-refractivity contribution in [2.45, 2.75) is 17.1 Å². The van der Waals surface area contributed by atoms with Crippen LogP contribution in [0.25, 0.3) is 0 Å². The first-order valence-electron chi connectivity index (χ1n) is 8.26. The molecule has 0 amide bonds. The third-order valence-corrected chi connectivity index (χ3v) is 6.64. The first-order chi connectivity index (χ1) is 12.5. The van der Waals surface area contributed by atoms with Gasteiger partial charge in [0.25, 0.3) is 0 Å². The van der Waals surface area contributed by atoms with Crippen LogP contribution in [0.1, 0.15) is 21.9 Å². The number of para-hydroxylation sites is 1. The molecular formula is C21H18O4S. The van der Waals surface area contributed by atoms with E-state index in [0.717, 1.165) is 5.56 Å². The van der Waals surface area contributed by atoms with Crippen LogP contribution in [0.3, 0.4) is 0 Å². The molecule has 4 rings (SSSR count). The summed E-state index contributed by atoms with van der Waals surface area (Å²) in [5, 5.41) is -0.847. The predicted octanol–water partition coefficient (Wildman–Crippen LogP) is 4.67. The molecule has 0 aromatic heterocycles. The zero-order valence-corrected chi connectivity index (χ0v) is 15.3. The summed E-state index contributed by atoms with van der Waals surface area (Å²) in [6.07, 6.45) is 0. The molecule has 4 nitrogen and oxygen atoms in total. The Morgan fingerprint density at radius 2 is 1.58 bits per heavy atom. The highest BCUT2D eigenvalue weighted by molar-refractivity contribution is 7.92. The quantitative estimate of drug-likeness (QED) is 0.676. The number of methoxy groups -OCH3 is 1. The van der Waals surface area contributed by atoms with Gasteiger partial charge in [-0.05, 0) is 43.3 Å². The molecule has 0 spiro atoms. The van der Waals surface area contributed by atoms with Gasteiger partial charge in [-0.1, -0.05) is 35.9 Å². The molecule has 0 fully saturated rings. The van der Waals surface area contributed by atoms with Gasteiger partial charge in [0.2, 0.25) is 0 Å². The fourth-order valence-corrected chi connectivity index (χ4v) is 5.06. The van der Waals surface area contributed by atoms with Crippen LogP contribution in [-0.4, -0.2) is 15.5 Å². The molecule has 0 saturated heterocycles. The van der Waals surface area contributed by atoms with E-state index in [4.69, 9.17) is 9.47 Å². The Morgan fingerprint density at radius 3 is 2.31 bits per heavy atom. The largest absolute Gasteiger partial charge is 0.497 e. The molecule has 5 heteroatoms. The predicted molar refractivity (Wildman–Crippen MR) is 99.7 cm³/mol. The average molecular weight is 366 g/mol. The molecule has 1 aliphatic heterocycles. The molecule has 3 aromatic carbocycles. The Labute approximate surface area is 152 Å². The Morgan fingerprint density at radius 1 is 0.885 bits per heavy atom. The van der Waals surface area contributed by atoms with Crippen molar-refractivity contribution in [3.8, 4) is 17.2 Å². The SMILES string of the molecule is COc1ccc2c(c1)C(S(=O)(=O)c1ccc(C)cc1)c1ccccc1O2. The number of benzene rings is 3. The maximum atomic E-state index is 13.5. The van der Waals surface area contributed by atoms with Gasteiger partial charge < -0.3 is 9.47 Å². The average Bonchev–Trinajstić information content (AvgIpc) is 2.65. The summed E-state index contributed by atoms with van der Waals surface area (Å²) in [7, 11) is -2.11. The molecule has 1 unspecified atom stereocenters. The Bertz CT molecular complexity index is 1070. The van der Waals surface area contributed by atoms with Crippen molar-refractivity contribution in [3.05, 3.63) is 83.4 Å². The fourth-order valence-electron chi connectivity index (χ4n) is 3.23. The van der Waals surface area contributed by atoms with Crippen LogP contribution in [0.15, 0.2) is 71.6 Å². The molecule has 3 aromatic rings. The Hall–Kier alpha value is -2.79. The minimum Gasteiger partial charge on any atom is -0.497 e. The van der Waals surface area contributed by atoms with Crippen molar-refractivity contribution in [3.63, 3.8) is 0 Å². The lowest BCUT2D eigenvalue weighted by molar-refractivity contribution is 0.409. The first-order valence-corrected chi connectivity index (χ1v) is 9.80. The van der Waals surface area contributed by atoms with Gasteiger partial charge in [-0.3, -0.25) is 0 Å². The third kappa shape index (κ3) is 2.65. The van der Waals surface area contributed by atoms with E-state index in [2.05, 4.69) is 0 Å². The molecule has 1 aliphatic rings. The van der Waals surface area contributed by atoms with E-state index in [1.807, 2.05) is 31.2 Å². The minimum atomic E-state index is -3.67. The van der Waals surface area contributed by atoms with Crippen molar-refractivity contribution in [1.82, 2.24) is 0 Å². The van der Waals surface area contributed by atoms with Crippen LogP contribution in [0.2, 0.25) is 0 Å². The molecule has 26 heavy (non-hydrogen) atoms. The van der Waals surface area contributed by atoms with E-state index in [0.29, 0.717) is 33.3 Å². The monoisotopic (exact) mass is 366 g/mol. The van der Waals surface area contributed by atoms with Gasteiger partial charge in [0.05, 0.1) is 12.0 Å². The van der Waals surface area contributed by atoms with Gasteiger partial charge >= 0.3 is 0 Å². The first kappa shape index (κ1) is 16.7. The van der Waals surface area contributed by atoms with E-state index in [1.165, 1.54) is 0 Å². The molecule has 1 atom stereocenters. The second kappa shape index (κ2) is 6.18. The van der Waals surface area contributed by atoms with Crippen LogP contribution in [0.4, 0.5) is 0 Å². The summed E-state index contributed by atoms with van der Waals surface area (Å²) >= 11 is 0. The van der Waals surface area contributed by atoms with Gasteiger partial charge in [-0.15, -0.1) is 0 Å². The summed E-state index contributed by atoms with van der Waals surface area (Å²) in [6, 6.07) is 19.4. The second-order valence-corrected chi connectivity index (χ2v) is 8.31. The molecule has 0 N–H and O–H groups in total. The Balaban J connectivity index is 1.96. The lowest BCUT2D eigenvalue weighted by atomic mass is 9.99. The van der Waals surface area contributed by atoms with Crippen molar-refractivity contribution in [2.24, 2.45) is 0 Å². The fraction of sp³-hybridized carbons (Fsp3) is 0.143. The van der Waals surface area contributed by atoms with E-state index in [-0.39, 0.29) is 0 Å². The summed E-state index contributed by atoms with van der Waals surface area (Å²) in [6.45, 7) is 1.93. The highest BCUT2D eigenvalue weighted by atomic mass is 32.2. The van der Waals surface area contributed by atoms with E-state index < -0.39 is 15.1 Å². The van der Waals surface area contributed by atoms with Gasteiger partial charge in [-0.2, -0.15) is 0 Å². The number of rotatable bonds is 3. The molecule has 0 radical (unpaired) electrons. The third-order valence-electron chi connectivity index (χ3n) is 4.58. The number of sulfone groups is 1. The maximum Gasteiger partial charge on any atom is 0.189 e. The number of fused-ring (bicyclic) bond motifs is 2. The maximum absolute atomic E-state index is 13.5. The summed E-state index contributed by atoms with van der Waals surface area (Å²) < 4.78 is 38.3. The van der Waals surface area contributed by atoms with Crippen LogP contribution in [0.5, 0.6) is 17.2 Å². The summed E-state index contributed by atoms with van der Waals surface area (Å²) in [5.74, 6) is 1.69. The van der Waals surface area contributed by atoms with E-state index in [9.17, 15) is 8.42 Å². The van der Waals surface area contributed by atoms with Crippen molar-refractivity contribution >= 4 is 9.84 Å². The molecule has 1 heterocycles.